The summed E-state index contributed by atoms with van der Waals surface area (Å²) in [5.41, 5.74) is 1.91. The minimum Gasteiger partial charge on any atom is -0.496 e. The van der Waals surface area contributed by atoms with Crippen molar-refractivity contribution in [2.45, 2.75) is 6.92 Å². The fourth-order valence-corrected chi connectivity index (χ4v) is 1.69. The molecule has 0 spiro atoms. The maximum Gasteiger partial charge on any atom is 0.246 e. The molecule has 0 unspecified atom stereocenters. The van der Waals surface area contributed by atoms with E-state index < -0.39 is 0 Å². The van der Waals surface area contributed by atoms with Crippen LogP contribution < -0.4 is 4.74 Å². The number of hydrogen-bond acceptors (Lipinski definition) is 3. The topological polar surface area (TPSA) is 49.9 Å². The van der Waals surface area contributed by atoms with Crippen molar-refractivity contribution < 1.29 is 14.3 Å². The number of benzene rings is 1. The minimum atomic E-state index is -0.228. The van der Waals surface area contributed by atoms with E-state index in [0.29, 0.717) is 5.75 Å². The standard InChI is InChI=1S/C16H22N2O3/c1-12-6-8-14(21-5)13(10-12)7-9-15(19)18(4)11-16(20)17(2)3/h6-10H,11H2,1-5H3/b9-7+. The van der Waals surface area contributed by atoms with Gasteiger partial charge in [-0.2, -0.15) is 0 Å². The van der Waals surface area contributed by atoms with Crippen molar-refractivity contribution in [3.63, 3.8) is 0 Å². The van der Waals surface area contributed by atoms with Gasteiger partial charge in [-0.1, -0.05) is 11.6 Å². The second-order valence-electron chi connectivity index (χ2n) is 5.06. The van der Waals surface area contributed by atoms with Crippen LogP contribution in [0, 0.1) is 6.92 Å². The van der Waals surface area contributed by atoms with Crippen molar-refractivity contribution in [3.05, 3.63) is 35.4 Å². The third-order valence-electron chi connectivity index (χ3n) is 3.04. The van der Waals surface area contributed by atoms with E-state index in [9.17, 15) is 9.59 Å². The molecular formula is C16H22N2O3. The molecule has 0 heterocycles. The molecule has 0 radical (unpaired) electrons. The zero-order valence-electron chi connectivity index (χ0n) is 13.2. The highest BCUT2D eigenvalue weighted by atomic mass is 16.5. The Kier molecular flexibility index (Phi) is 5.96. The lowest BCUT2D eigenvalue weighted by Gasteiger charge is -2.17. The molecule has 0 aliphatic carbocycles. The van der Waals surface area contributed by atoms with Crippen molar-refractivity contribution in [1.29, 1.82) is 0 Å². The minimum absolute atomic E-state index is 0.0567. The highest BCUT2D eigenvalue weighted by Crippen LogP contribution is 2.20. The zero-order valence-corrected chi connectivity index (χ0v) is 13.2. The predicted molar refractivity (Wildman–Crippen MR) is 83.1 cm³/mol. The number of carbonyl (C=O) groups is 2. The molecule has 5 heteroatoms. The molecule has 2 amide bonds. The molecule has 1 aromatic carbocycles. The van der Waals surface area contributed by atoms with Crippen LogP contribution in [-0.2, 0) is 9.59 Å². The average Bonchev–Trinajstić information content (AvgIpc) is 2.44. The summed E-state index contributed by atoms with van der Waals surface area (Å²) in [4.78, 5) is 26.4. The van der Waals surface area contributed by atoms with Crippen molar-refractivity contribution in [2.75, 3.05) is 34.8 Å². The first-order chi connectivity index (χ1) is 9.85. The fourth-order valence-electron chi connectivity index (χ4n) is 1.69. The molecule has 1 rings (SSSR count). The van der Waals surface area contributed by atoms with E-state index in [2.05, 4.69) is 0 Å². The monoisotopic (exact) mass is 290 g/mol. The van der Waals surface area contributed by atoms with Gasteiger partial charge in [0.1, 0.15) is 5.75 Å². The van der Waals surface area contributed by atoms with E-state index in [4.69, 9.17) is 4.74 Å². The van der Waals surface area contributed by atoms with Gasteiger partial charge in [-0.05, 0) is 25.1 Å². The quantitative estimate of drug-likeness (QED) is 0.773. The predicted octanol–water partition coefficient (Wildman–Crippen LogP) is 1.56. The van der Waals surface area contributed by atoms with Gasteiger partial charge in [-0.15, -0.1) is 0 Å². The number of rotatable bonds is 5. The molecule has 0 saturated carbocycles. The van der Waals surface area contributed by atoms with Crippen molar-refractivity contribution in [3.8, 4) is 5.75 Å². The lowest BCUT2D eigenvalue weighted by Crippen LogP contribution is -2.36. The average molecular weight is 290 g/mol. The zero-order chi connectivity index (χ0) is 16.0. The van der Waals surface area contributed by atoms with Crippen LogP contribution in [0.5, 0.6) is 5.75 Å². The fraction of sp³-hybridized carbons (Fsp3) is 0.375. The Morgan fingerprint density at radius 2 is 1.90 bits per heavy atom. The number of aryl methyl sites for hydroxylation is 1. The molecule has 0 aliphatic heterocycles. The van der Waals surface area contributed by atoms with Crippen LogP contribution in [0.3, 0.4) is 0 Å². The first kappa shape index (κ1) is 16.8. The Bertz CT molecular complexity index is 550. The molecule has 21 heavy (non-hydrogen) atoms. The molecule has 0 N–H and O–H groups in total. The van der Waals surface area contributed by atoms with Gasteiger partial charge in [0.2, 0.25) is 11.8 Å². The molecule has 1 aromatic rings. The summed E-state index contributed by atoms with van der Waals surface area (Å²) in [6.07, 6.45) is 3.14. The van der Waals surface area contributed by atoms with Gasteiger partial charge in [0, 0.05) is 32.8 Å². The number of hydrogen-bond donors (Lipinski definition) is 0. The van der Waals surface area contributed by atoms with Crippen LogP contribution in [0.15, 0.2) is 24.3 Å². The summed E-state index contributed by atoms with van der Waals surface area (Å²) in [7, 11) is 6.51. The molecule has 0 bridgehead atoms. The third-order valence-corrected chi connectivity index (χ3v) is 3.04. The van der Waals surface area contributed by atoms with Crippen molar-refractivity contribution >= 4 is 17.9 Å². The third kappa shape index (κ3) is 4.95. The summed E-state index contributed by atoms with van der Waals surface area (Å²) in [5.74, 6) is 0.359. The summed E-state index contributed by atoms with van der Waals surface area (Å²) in [6.45, 7) is 2.03. The molecule has 0 aromatic heterocycles. The SMILES string of the molecule is COc1ccc(C)cc1/C=C/C(=O)N(C)CC(=O)N(C)C. The Labute approximate surface area is 125 Å². The van der Waals surface area contributed by atoms with Gasteiger partial charge in [0.15, 0.2) is 0 Å². The summed E-state index contributed by atoms with van der Waals surface area (Å²) < 4.78 is 5.25. The van der Waals surface area contributed by atoms with Gasteiger partial charge >= 0.3 is 0 Å². The van der Waals surface area contributed by atoms with Crippen LogP contribution in [-0.4, -0.2) is 56.4 Å². The first-order valence-electron chi connectivity index (χ1n) is 6.63. The van der Waals surface area contributed by atoms with E-state index in [-0.39, 0.29) is 18.4 Å². The second kappa shape index (κ2) is 7.47. The number of likely N-dealkylation sites (N-methyl/N-ethyl adjacent to an activating group) is 2. The summed E-state index contributed by atoms with van der Waals surface area (Å²) in [5, 5.41) is 0. The maximum atomic E-state index is 12.0. The molecule has 5 nitrogen and oxygen atoms in total. The molecule has 0 saturated heterocycles. The highest BCUT2D eigenvalue weighted by molar-refractivity contribution is 5.94. The van der Waals surface area contributed by atoms with Crippen molar-refractivity contribution in [2.24, 2.45) is 0 Å². The Hall–Kier alpha value is -2.30. The van der Waals surface area contributed by atoms with Gasteiger partial charge < -0.3 is 14.5 Å². The molecule has 0 aliphatic rings. The number of methoxy groups -OCH3 is 1. The van der Waals surface area contributed by atoms with E-state index in [1.807, 2.05) is 25.1 Å². The van der Waals surface area contributed by atoms with Crippen LogP contribution in [0.25, 0.3) is 6.08 Å². The largest absolute Gasteiger partial charge is 0.496 e. The number of carbonyl (C=O) groups excluding carboxylic acids is 2. The first-order valence-corrected chi connectivity index (χ1v) is 6.63. The van der Waals surface area contributed by atoms with E-state index >= 15 is 0 Å². The van der Waals surface area contributed by atoms with Gasteiger partial charge in [-0.3, -0.25) is 9.59 Å². The number of amides is 2. The summed E-state index contributed by atoms with van der Waals surface area (Å²) >= 11 is 0. The van der Waals surface area contributed by atoms with Crippen molar-refractivity contribution in [1.82, 2.24) is 9.80 Å². The van der Waals surface area contributed by atoms with Gasteiger partial charge in [0.05, 0.1) is 13.7 Å². The highest BCUT2D eigenvalue weighted by Gasteiger charge is 2.12. The van der Waals surface area contributed by atoms with Crippen LogP contribution in [0.4, 0.5) is 0 Å². The van der Waals surface area contributed by atoms with Gasteiger partial charge in [-0.25, -0.2) is 0 Å². The Morgan fingerprint density at radius 3 is 2.48 bits per heavy atom. The second-order valence-corrected chi connectivity index (χ2v) is 5.06. The van der Waals surface area contributed by atoms with Crippen LogP contribution in [0.2, 0.25) is 0 Å². The molecule has 114 valence electrons. The smallest absolute Gasteiger partial charge is 0.246 e. The molecule has 0 fully saturated rings. The maximum absolute atomic E-state index is 12.0. The number of nitrogens with zero attached hydrogens (tertiary/aromatic N) is 2. The lowest BCUT2D eigenvalue weighted by molar-refractivity contribution is -0.135. The Balaban J connectivity index is 2.78. The van der Waals surface area contributed by atoms with E-state index in [0.717, 1.165) is 11.1 Å². The normalized spacial score (nSPS) is 10.5. The number of ether oxygens (including phenoxy) is 1. The lowest BCUT2D eigenvalue weighted by atomic mass is 10.1. The van der Waals surface area contributed by atoms with Crippen LogP contribution in [0.1, 0.15) is 11.1 Å². The van der Waals surface area contributed by atoms with Gasteiger partial charge in [0.25, 0.3) is 0 Å². The molecular weight excluding hydrogens is 268 g/mol. The Morgan fingerprint density at radius 1 is 1.24 bits per heavy atom. The summed E-state index contributed by atoms with van der Waals surface area (Å²) in [6, 6.07) is 5.74. The molecule has 0 atom stereocenters. The van der Waals surface area contributed by atoms with Crippen LogP contribution >= 0.6 is 0 Å². The van der Waals surface area contributed by atoms with E-state index in [1.54, 1.807) is 34.3 Å². The van der Waals surface area contributed by atoms with E-state index in [1.165, 1.54) is 15.9 Å².